The van der Waals surface area contributed by atoms with E-state index < -0.39 is 0 Å². The maximum absolute atomic E-state index is 13.1. The summed E-state index contributed by atoms with van der Waals surface area (Å²) in [6.07, 6.45) is 2.10. The van der Waals surface area contributed by atoms with Crippen LogP contribution in [0.5, 0.6) is 0 Å². The van der Waals surface area contributed by atoms with Gasteiger partial charge in [0.2, 0.25) is 0 Å². The van der Waals surface area contributed by atoms with Crippen LogP contribution >= 0.6 is 23.1 Å². The highest BCUT2D eigenvalue weighted by molar-refractivity contribution is 8.03. The highest BCUT2D eigenvalue weighted by atomic mass is 32.2. The molecule has 1 heterocycles. The van der Waals surface area contributed by atoms with Gasteiger partial charge in [-0.15, -0.1) is 23.1 Å². The molecule has 0 radical (unpaired) electrons. The Morgan fingerprint density at radius 2 is 2.00 bits per heavy atom. The second kappa shape index (κ2) is 7.28. The van der Waals surface area contributed by atoms with Crippen LogP contribution in [0.1, 0.15) is 34.5 Å². The van der Waals surface area contributed by atoms with Crippen LogP contribution in [0.4, 0.5) is 0 Å². The fraction of sp³-hybridized carbons (Fsp3) is 0.263. The number of allylic oxidation sites excluding steroid dienone is 2. The minimum absolute atomic E-state index is 0.0470. The van der Waals surface area contributed by atoms with E-state index in [9.17, 15) is 9.59 Å². The topological polar surface area (TPSA) is 34.1 Å². The molecule has 0 amide bonds. The van der Waals surface area contributed by atoms with Gasteiger partial charge in [0, 0.05) is 22.8 Å². The SMILES string of the molecule is CCSC1=CC(=O)C[C@H](c2cccs2)[C@@H]1C(=O)c1ccccc1. The lowest BCUT2D eigenvalue weighted by Gasteiger charge is -2.30. The van der Waals surface area contributed by atoms with Crippen LogP contribution in [0.3, 0.4) is 0 Å². The maximum Gasteiger partial charge on any atom is 0.171 e. The largest absolute Gasteiger partial charge is 0.295 e. The Kier molecular flexibility index (Phi) is 5.13. The van der Waals surface area contributed by atoms with E-state index >= 15 is 0 Å². The molecule has 0 fully saturated rings. The van der Waals surface area contributed by atoms with Crippen LogP contribution in [0.15, 0.2) is 58.8 Å². The lowest BCUT2D eigenvalue weighted by Crippen LogP contribution is -2.29. The Labute approximate surface area is 144 Å². The first-order valence-electron chi connectivity index (χ1n) is 7.70. The number of hydrogen-bond donors (Lipinski definition) is 0. The van der Waals surface area contributed by atoms with Crippen LogP contribution in [-0.2, 0) is 4.79 Å². The normalized spacial score (nSPS) is 21.1. The molecule has 2 nitrogen and oxygen atoms in total. The first-order chi connectivity index (χ1) is 11.2. The van der Waals surface area contributed by atoms with E-state index in [1.165, 1.54) is 0 Å². The van der Waals surface area contributed by atoms with Gasteiger partial charge in [0.05, 0.1) is 5.92 Å². The minimum Gasteiger partial charge on any atom is -0.295 e. The molecule has 1 aromatic heterocycles. The molecule has 0 spiro atoms. The van der Waals surface area contributed by atoms with Crippen molar-refractivity contribution in [3.8, 4) is 0 Å². The van der Waals surface area contributed by atoms with Gasteiger partial charge in [0.15, 0.2) is 11.6 Å². The summed E-state index contributed by atoms with van der Waals surface area (Å²) in [7, 11) is 0. The molecule has 1 aliphatic carbocycles. The Balaban J connectivity index is 2.03. The third-order valence-electron chi connectivity index (χ3n) is 3.99. The molecule has 2 atom stereocenters. The highest BCUT2D eigenvalue weighted by Crippen LogP contribution is 2.44. The zero-order chi connectivity index (χ0) is 16.2. The molecular formula is C19H18O2S2. The number of thioether (sulfide) groups is 1. The first-order valence-corrected chi connectivity index (χ1v) is 9.57. The van der Waals surface area contributed by atoms with Crippen molar-refractivity contribution < 1.29 is 9.59 Å². The van der Waals surface area contributed by atoms with Gasteiger partial charge in [-0.2, -0.15) is 0 Å². The van der Waals surface area contributed by atoms with Gasteiger partial charge >= 0.3 is 0 Å². The van der Waals surface area contributed by atoms with Gasteiger partial charge in [-0.25, -0.2) is 0 Å². The molecule has 4 heteroatoms. The van der Waals surface area contributed by atoms with E-state index in [0.29, 0.717) is 6.42 Å². The van der Waals surface area contributed by atoms with E-state index in [4.69, 9.17) is 0 Å². The van der Waals surface area contributed by atoms with Crippen molar-refractivity contribution in [2.45, 2.75) is 19.3 Å². The highest BCUT2D eigenvalue weighted by Gasteiger charge is 2.38. The Hall–Kier alpha value is -1.65. The van der Waals surface area contributed by atoms with E-state index in [2.05, 4.69) is 6.92 Å². The number of hydrogen-bond acceptors (Lipinski definition) is 4. The number of carbonyl (C=O) groups excluding carboxylic acids is 2. The van der Waals surface area contributed by atoms with Crippen molar-refractivity contribution in [1.29, 1.82) is 0 Å². The molecule has 2 aromatic rings. The molecule has 0 bridgehead atoms. The maximum atomic E-state index is 13.1. The standard InChI is InChI=1S/C19H18O2S2/c1-2-22-17-12-14(20)11-15(16-9-6-10-23-16)18(17)19(21)13-7-4-3-5-8-13/h3-10,12,15,18H,2,11H2,1H3/t15-,18+/m1/s1. The molecule has 0 aliphatic heterocycles. The van der Waals surface area contributed by atoms with Gasteiger partial charge in [-0.1, -0.05) is 43.3 Å². The third kappa shape index (κ3) is 3.48. The number of benzene rings is 1. The minimum atomic E-state index is -0.251. The molecule has 0 saturated carbocycles. The van der Waals surface area contributed by atoms with E-state index in [1.807, 2.05) is 47.8 Å². The van der Waals surface area contributed by atoms with Crippen molar-refractivity contribution in [1.82, 2.24) is 0 Å². The lowest BCUT2D eigenvalue weighted by atomic mass is 9.78. The summed E-state index contributed by atoms with van der Waals surface area (Å²) >= 11 is 3.24. The summed E-state index contributed by atoms with van der Waals surface area (Å²) in [6.45, 7) is 2.05. The summed E-state index contributed by atoms with van der Waals surface area (Å²) in [4.78, 5) is 27.3. The lowest BCUT2D eigenvalue weighted by molar-refractivity contribution is -0.115. The van der Waals surface area contributed by atoms with Crippen molar-refractivity contribution >= 4 is 34.7 Å². The van der Waals surface area contributed by atoms with E-state index in [0.717, 1.165) is 21.1 Å². The van der Waals surface area contributed by atoms with Gasteiger partial charge in [0.1, 0.15) is 0 Å². The summed E-state index contributed by atoms with van der Waals surface area (Å²) < 4.78 is 0. The quantitative estimate of drug-likeness (QED) is 0.722. The Morgan fingerprint density at radius 3 is 2.65 bits per heavy atom. The van der Waals surface area contributed by atoms with Crippen LogP contribution in [-0.4, -0.2) is 17.3 Å². The molecular weight excluding hydrogens is 324 g/mol. The number of thiophene rings is 1. The second-order valence-corrected chi connectivity index (χ2v) is 7.80. The summed E-state index contributed by atoms with van der Waals surface area (Å²) in [5.74, 6) is 0.794. The summed E-state index contributed by atoms with van der Waals surface area (Å²) in [5, 5.41) is 2.01. The fourth-order valence-electron chi connectivity index (χ4n) is 3.00. The van der Waals surface area contributed by atoms with Crippen molar-refractivity contribution in [3.05, 3.63) is 69.3 Å². The summed E-state index contributed by atoms with van der Waals surface area (Å²) in [6, 6.07) is 13.4. The third-order valence-corrected chi connectivity index (χ3v) is 5.99. The Bertz CT molecular complexity index is 717. The predicted molar refractivity (Wildman–Crippen MR) is 97.2 cm³/mol. The van der Waals surface area contributed by atoms with Gasteiger partial charge in [-0.05, 0) is 28.2 Å². The van der Waals surface area contributed by atoms with Gasteiger partial charge in [0.25, 0.3) is 0 Å². The van der Waals surface area contributed by atoms with Gasteiger partial charge < -0.3 is 0 Å². The van der Waals surface area contributed by atoms with Crippen LogP contribution in [0.25, 0.3) is 0 Å². The smallest absolute Gasteiger partial charge is 0.171 e. The number of Topliss-reactive ketones (excluding diaryl/α,β-unsaturated/α-hetero) is 1. The molecule has 1 aliphatic rings. The first kappa shape index (κ1) is 16.2. The predicted octanol–water partition coefficient (Wildman–Crippen LogP) is 4.94. The zero-order valence-electron chi connectivity index (χ0n) is 12.9. The van der Waals surface area contributed by atoms with Crippen molar-refractivity contribution in [2.24, 2.45) is 5.92 Å². The van der Waals surface area contributed by atoms with Crippen LogP contribution in [0.2, 0.25) is 0 Å². The van der Waals surface area contributed by atoms with Crippen molar-refractivity contribution in [3.63, 3.8) is 0 Å². The molecule has 3 rings (SSSR count). The van der Waals surface area contributed by atoms with Gasteiger partial charge in [-0.3, -0.25) is 9.59 Å². The Morgan fingerprint density at radius 1 is 1.22 bits per heavy atom. The van der Waals surface area contributed by atoms with E-state index in [1.54, 1.807) is 29.2 Å². The van der Waals surface area contributed by atoms with Crippen molar-refractivity contribution in [2.75, 3.05) is 5.75 Å². The number of ketones is 2. The molecule has 0 unspecified atom stereocenters. The molecule has 0 N–H and O–H groups in total. The average Bonchev–Trinajstić information content (AvgIpc) is 3.09. The molecule has 23 heavy (non-hydrogen) atoms. The van der Waals surface area contributed by atoms with Crippen LogP contribution < -0.4 is 0 Å². The fourth-order valence-corrected chi connectivity index (χ4v) is 4.86. The monoisotopic (exact) mass is 342 g/mol. The molecule has 118 valence electrons. The molecule has 0 saturated heterocycles. The number of rotatable bonds is 5. The molecule has 1 aromatic carbocycles. The second-order valence-electron chi connectivity index (χ2n) is 5.48. The van der Waals surface area contributed by atoms with E-state index in [-0.39, 0.29) is 23.4 Å². The van der Waals surface area contributed by atoms with Crippen LogP contribution in [0, 0.1) is 5.92 Å². The summed E-state index contributed by atoms with van der Waals surface area (Å²) in [5.41, 5.74) is 0.719. The number of carbonyl (C=O) groups is 2. The zero-order valence-corrected chi connectivity index (χ0v) is 14.5. The average molecular weight is 342 g/mol.